The zero-order valence-corrected chi connectivity index (χ0v) is 42.8. The maximum absolute atomic E-state index is 13.2. The minimum atomic E-state index is -3.83. The first-order chi connectivity index (χ1) is 35.8. The molecule has 10 aromatic rings. The molecule has 0 amide bonds. The zero-order chi connectivity index (χ0) is 51.2. The number of sulfone groups is 1. The summed E-state index contributed by atoms with van der Waals surface area (Å²) in [4.78, 5) is 26.6. The van der Waals surface area contributed by atoms with Crippen LogP contribution in [0.2, 0.25) is 0 Å². The fraction of sp³-hybridized carbons (Fsp3) is 0.200. The highest BCUT2D eigenvalue weighted by Gasteiger charge is 2.27. The van der Waals surface area contributed by atoms with Gasteiger partial charge in [-0.1, -0.05) is 48.2 Å². The van der Waals surface area contributed by atoms with Crippen molar-refractivity contribution in [2.45, 2.75) is 45.0 Å². The highest BCUT2D eigenvalue weighted by molar-refractivity contribution is 7.98. The van der Waals surface area contributed by atoms with Gasteiger partial charge in [0.15, 0.2) is 16.5 Å². The number of thioether (sulfide) groups is 1. The van der Waals surface area contributed by atoms with Gasteiger partial charge in [0.05, 0.1) is 46.5 Å². The predicted molar refractivity (Wildman–Crippen MR) is 276 cm³/mol. The molecule has 376 valence electrons. The molecule has 0 spiro atoms. The number of pyridine rings is 2. The Morgan fingerprint density at radius 2 is 1.05 bits per heavy atom. The van der Waals surface area contributed by atoms with E-state index in [-0.39, 0.29) is 32.7 Å². The number of ether oxygens (including phenoxy) is 2. The van der Waals surface area contributed by atoms with Crippen molar-refractivity contribution in [2.75, 3.05) is 38.9 Å². The summed E-state index contributed by atoms with van der Waals surface area (Å²) in [6.07, 6.45) is 17.8. The molecule has 2 fully saturated rings. The molecule has 2 aromatic carbocycles. The lowest BCUT2D eigenvalue weighted by Gasteiger charge is -2.08. The minimum Gasteiger partial charge on any atom is -0.379 e. The quantitative estimate of drug-likeness (QED) is 0.0865. The van der Waals surface area contributed by atoms with E-state index in [9.17, 15) is 25.3 Å². The summed E-state index contributed by atoms with van der Waals surface area (Å²) in [5.41, 5.74) is 5.91. The Kier molecular flexibility index (Phi) is 13.0. The van der Waals surface area contributed by atoms with Gasteiger partial charge in [-0.3, -0.25) is 9.36 Å². The average Bonchev–Trinajstić information content (AvgIpc) is 4.29. The van der Waals surface area contributed by atoms with Crippen LogP contribution in [0.4, 0.5) is 0 Å². The first-order valence-electron chi connectivity index (χ1n) is 23.1. The van der Waals surface area contributed by atoms with Crippen molar-refractivity contribution >= 4 is 63.7 Å². The van der Waals surface area contributed by atoms with Crippen LogP contribution in [-0.2, 0) is 39.4 Å². The van der Waals surface area contributed by atoms with Gasteiger partial charge in [-0.2, -0.15) is 10.2 Å². The van der Waals surface area contributed by atoms with Crippen LogP contribution in [0.3, 0.4) is 0 Å². The lowest BCUT2D eigenvalue weighted by molar-refractivity contribution is 0.184. The highest BCUT2D eigenvalue weighted by atomic mass is 32.2. The molecule has 10 heterocycles. The Morgan fingerprint density at radius 1 is 0.581 bits per heavy atom. The summed E-state index contributed by atoms with van der Waals surface area (Å²) in [6, 6.07) is 27.3. The number of hydrogen-bond acceptors (Lipinski definition) is 17. The summed E-state index contributed by atoms with van der Waals surface area (Å²) in [6.45, 7) is 2.45. The number of benzene rings is 2. The molecular formula is C50H44N12O8S4. The maximum atomic E-state index is 13.2. The molecular weight excluding hydrogens is 1020 g/mol. The molecule has 2 atom stereocenters. The van der Waals surface area contributed by atoms with Gasteiger partial charge >= 0.3 is 0 Å². The Hall–Kier alpha value is -7.48. The second kappa shape index (κ2) is 19.7. The summed E-state index contributed by atoms with van der Waals surface area (Å²) in [5, 5.41) is 11.4. The summed E-state index contributed by atoms with van der Waals surface area (Å²) < 4.78 is 94.2. The van der Waals surface area contributed by atoms with Crippen LogP contribution in [0.25, 0.3) is 67.1 Å². The number of fused-ring (bicyclic) bond motifs is 2. The fourth-order valence-electron chi connectivity index (χ4n) is 8.74. The van der Waals surface area contributed by atoms with Gasteiger partial charge in [-0.25, -0.2) is 63.1 Å². The normalized spacial score (nSPS) is 16.2. The van der Waals surface area contributed by atoms with Gasteiger partial charge in [0, 0.05) is 102 Å². The van der Waals surface area contributed by atoms with Crippen LogP contribution in [-0.4, -0.2) is 122 Å². The van der Waals surface area contributed by atoms with Crippen molar-refractivity contribution in [3.63, 3.8) is 0 Å². The first kappa shape index (κ1) is 48.8. The molecule has 0 aliphatic carbocycles. The number of aromatic nitrogens is 12. The third-order valence-electron chi connectivity index (χ3n) is 12.5. The van der Waals surface area contributed by atoms with E-state index in [1.165, 1.54) is 46.5 Å². The van der Waals surface area contributed by atoms with Gasteiger partial charge in [0.2, 0.25) is 15.0 Å². The molecule has 8 aromatic heterocycles. The van der Waals surface area contributed by atoms with E-state index < -0.39 is 29.9 Å². The van der Waals surface area contributed by atoms with Crippen LogP contribution in [0.15, 0.2) is 167 Å². The van der Waals surface area contributed by atoms with Crippen molar-refractivity contribution in [1.82, 2.24) is 57.4 Å². The zero-order valence-electron chi connectivity index (χ0n) is 39.5. The SMILES string of the molecule is CS(=O)(=O)c1nccc(-c2cn(C3CCOC3)nc2-c2cnc3c(ccn3S(=O)(=O)c3ccccc3)c2)n1.CSc1nccc(-c2cn(C3CCOC3)nc2-c2cnc3c(ccn3S(=O)(=O)c3ccccc3)c2)n1. The Morgan fingerprint density at radius 3 is 1.50 bits per heavy atom. The molecule has 24 heteroatoms. The molecule has 0 N–H and O–H groups in total. The molecule has 12 rings (SSSR count). The number of rotatable bonds is 12. The van der Waals surface area contributed by atoms with E-state index in [1.54, 1.807) is 96.1 Å². The Balaban J connectivity index is 0.000000159. The van der Waals surface area contributed by atoms with Crippen molar-refractivity contribution in [2.24, 2.45) is 0 Å². The maximum Gasteiger partial charge on any atom is 0.269 e. The van der Waals surface area contributed by atoms with Crippen molar-refractivity contribution in [3.05, 3.63) is 147 Å². The number of hydrogen-bond donors (Lipinski definition) is 0. The van der Waals surface area contributed by atoms with Gasteiger partial charge in [-0.05, 0) is 79.8 Å². The summed E-state index contributed by atoms with van der Waals surface area (Å²) >= 11 is 1.48. The van der Waals surface area contributed by atoms with E-state index >= 15 is 0 Å². The van der Waals surface area contributed by atoms with Crippen molar-refractivity contribution in [3.8, 4) is 45.0 Å². The van der Waals surface area contributed by atoms with Gasteiger partial charge < -0.3 is 9.47 Å². The van der Waals surface area contributed by atoms with E-state index in [1.807, 2.05) is 35.5 Å². The lowest BCUT2D eigenvalue weighted by Crippen LogP contribution is -2.12. The largest absolute Gasteiger partial charge is 0.379 e. The summed E-state index contributed by atoms with van der Waals surface area (Å²) in [5.74, 6) is 0. The molecule has 2 unspecified atom stereocenters. The van der Waals surface area contributed by atoms with Crippen LogP contribution in [0.1, 0.15) is 24.9 Å². The molecule has 2 aliphatic heterocycles. The smallest absolute Gasteiger partial charge is 0.269 e. The van der Waals surface area contributed by atoms with Crippen LogP contribution in [0.5, 0.6) is 0 Å². The second-order valence-corrected chi connectivity index (χ2v) is 23.6. The molecule has 2 saturated heterocycles. The first-order valence-corrected chi connectivity index (χ1v) is 29.1. The fourth-order valence-corrected chi connectivity index (χ4v) is 12.3. The van der Waals surface area contributed by atoms with Gasteiger partial charge in [-0.15, -0.1) is 0 Å². The van der Waals surface area contributed by atoms with Gasteiger partial charge in [0.1, 0.15) is 11.4 Å². The average molecular weight is 1070 g/mol. The van der Waals surface area contributed by atoms with Gasteiger partial charge in [0.25, 0.3) is 20.0 Å². The third kappa shape index (κ3) is 9.39. The molecule has 0 saturated carbocycles. The molecule has 74 heavy (non-hydrogen) atoms. The van der Waals surface area contributed by atoms with Crippen molar-refractivity contribution < 1.29 is 34.7 Å². The monoisotopic (exact) mass is 1070 g/mol. The summed E-state index contributed by atoms with van der Waals surface area (Å²) in [7, 11) is -11.2. The van der Waals surface area contributed by atoms with Crippen LogP contribution < -0.4 is 0 Å². The Bertz CT molecular complexity index is 4060. The highest BCUT2D eigenvalue weighted by Crippen LogP contribution is 2.36. The number of nitrogens with zero attached hydrogens (tertiary/aromatic N) is 12. The lowest BCUT2D eigenvalue weighted by atomic mass is 10.1. The minimum absolute atomic E-state index is 0.0208. The standard InChI is InChI=1S/C25H22N6O5S2.C25H22N6O3S2/c1-37(32,33)25-26-10-7-22(28-25)21-15-30(19-9-12-36-16-19)29-23(21)18-13-17-8-11-31(24(17)27-14-18)38(34,35)20-5-3-2-4-6-20;1-35-25-26-10-7-22(28-25)21-15-30(19-9-12-34-16-19)29-23(21)18-13-17-8-11-31(24(17)27-14-18)36(32,33)20-5-3-2-4-6-20/h2-8,10-11,13-15,19H,9,12,16H2,1H3;2-8,10-11,13-15,19H,9,12,16H2,1H3. The second-order valence-electron chi connectivity index (χ2n) is 17.3. The molecule has 20 nitrogen and oxygen atoms in total. The van der Waals surface area contributed by atoms with E-state index in [2.05, 4.69) is 29.9 Å². The molecule has 0 bridgehead atoms. The van der Waals surface area contributed by atoms with E-state index in [4.69, 9.17) is 19.7 Å². The van der Waals surface area contributed by atoms with Crippen LogP contribution in [0, 0.1) is 0 Å². The van der Waals surface area contributed by atoms with Crippen molar-refractivity contribution in [1.29, 1.82) is 0 Å². The molecule has 2 aliphatic rings. The van der Waals surface area contributed by atoms with E-state index in [0.29, 0.717) is 70.5 Å². The topological polar surface area (TPSA) is 244 Å². The third-order valence-corrected chi connectivity index (χ3v) is 17.3. The van der Waals surface area contributed by atoms with Crippen LogP contribution >= 0.6 is 11.8 Å². The predicted octanol–water partition coefficient (Wildman–Crippen LogP) is 7.24. The Labute approximate surface area is 429 Å². The van der Waals surface area contributed by atoms with E-state index in [0.717, 1.165) is 45.6 Å². The molecule has 0 radical (unpaired) electrons.